The van der Waals surface area contributed by atoms with E-state index in [2.05, 4.69) is 13.8 Å². The highest BCUT2D eigenvalue weighted by Crippen LogP contribution is 2.40. The molecule has 2 nitrogen and oxygen atoms in total. The molecule has 3 atom stereocenters. The van der Waals surface area contributed by atoms with Crippen molar-refractivity contribution in [3.05, 3.63) is 0 Å². The fraction of sp³-hybridized carbons (Fsp3) is 1.00. The lowest BCUT2D eigenvalue weighted by Gasteiger charge is -2.40. The molecule has 2 heteroatoms. The van der Waals surface area contributed by atoms with Crippen molar-refractivity contribution in [2.24, 2.45) is 11.3 Å². The van der Waals surface area contributed by atoms with Crippen LogP contribution in [0.1, 0.15) is 46.5 Å². The summed E-state index contributed by atoms with van der Waals surface area (Å²) >= 11 is 0. The van der Waals surface area contributed by atoms with Gasteiger partial charge in [-0.3, -0.25) is 0 Å². The molecule has 0 amide bonds. The molecule has 0 aromatic heterocycles. The molecule has 0 bridgehead atoms. The fourth-order valence-corrected chi connectivity index (χ4v) is 2.32. The Labute approximate surface area is 81.0 Å². The van der Waals surface area contributed by atoms with E-state index >= 15 is 0 Å². The molecule has 78 valence electrons. The summed E-state index contributed by atoms with van der Waals surface area (Å²) in [5.74, 6) is 0.0914. The number of aliphatic hydroxyl groups excluding tert-OH is 2. The van der Waals surface area contributed by atoms with Crippen LogP contribution in [0, 0.1) is 11.3 Å². The zero-order chi connectivity index (χ0) is 10.1. The van der Waals surface area contributed by atoms with Gasteiger partial charge in [-0.1, -0.05) is 20.8 Å². The van der Waals surface area contributed by atoms with Crippen molar-refractivity contribution in [1.29, 1.82) is 0 Å². The van der Waals surface area contributed by atoms with Crippen molar-refractivity contribution in [3.8, 4) is 0 Å². The van der Waals surface area contributed by atoms with Crippen LogP contribution in [0.4, 0.5) is 0 Å². The smallest absolute Gasteiger partial charge is 0.0593 e. The zero-order valence-electron chi connectivity index (χ0n) is 8.95. The molecule has 0 aromatic rings. The van der Waals surface area contributed by atoms with E-state index in [9.17, 15) is 10.2 Å². The maximum atomic E-state index is 9.74. The molecule has 2 N–H and O–H groups in total. The van der Waals surface area contributed by atoms with Gasteiger partial charge in [0.1, 0.15) is 0 Å². The average Bonchev–Trinajstić information content (AvgIpc) is 2.08. The summed E-state index contributed by atoms with van der Waals surface area (Å²) < 4.78 is 0. The summed E-state index contributed by atoms with van der Waals surface area (Å²) in [5, 5.41) is 19.5. The van der Waals surface area contributed by atoms with E-state index < -0.39 is 0 Å². The topological polar surface area (TPSA) is 40.5 Å². The van der Waals surface area contributed by atoms with Gasteiger partial charge in [-0.2, -0.15) is 0 Å². The first-order valence-corrected chi connectivity index (χ1v) is 5.32. The molecule has 13 heavy (non-hydrogen) atoms. The van der Waals surface area contributed by atoms with E-state index in [4.69, 9.17) is 0 Å². The van der Waals surface area contributed by atoms with Crippen molar-refractivity contribution in [2.75, 3.05) is 0 Å². The number of hydrogen-bond donors (Lipinski definition) is 2. The second-order valence-corrected chi connectivity index (χ2v) is 5.11. The molecule has 1 aliphatic carbocycles. The summed E-state index contributed by atoms with van der Waals surface area (Å²) in [6.07, 6.45) is 2.99. The van der Waals surface area contributed by atoms with Gasteiger partial charge in [0.25, 0.3) is 0 Å². The Balaban J connectivity index is 2.60. The van der Waals surface area contributed by atoms with Gasteiger partial charge in [-0.05, 0) is 31.1 Å². The first-order valence-electron chi connectivity index (χ1n) is 5.32. The van der Waals surface area contributed by atoms with E-state index in [1.807, 2.05) is 6.92 Å². The van der Waals surface area contributed by atoms with Crippen molar-refractivity contribution >= 4 is 0 Å². The van der Waals surface area contributed by atoms with Gasteiger partial charge >= 0.3 is 0 Å². The third-order valence-electron chi connectivity index (χ3n) is 3.31. The number of rotatable bonds is 2. The second kappa shape index (κ2) is 3.97. The molecule has 3 unspecified atom stereocenters. The maximum Gasteiger partial charge on any atom is 0.0593 e. The Kier molecular flexibility index (Phi) is 3.36. The van der Waals surface area contributed by atoms with Crippen LogP contribution >= 0.6 is 0 Å². The molecule has 0 aromatic carbocycles. The van der Waals surface area contributed by atoms with Gasteiger partial charge in [0.05, 0.1) is 12.2 Å². The van der Waals surface area contributed by atoms with Crippen molar-refractivity contribution in [2.45, 2.75) is 58.7 Å². The number of aliphatic hydroxyl groups is 2. The third kappa shape index (κ3) is 2.68. The lowest BCUT2D eigenvalue weighted by atomic mass is 9.69. The van der Waals surface area contributed by atoms with Gasteiger partial charge in [0.2, 0.25) is 0 Å². The zero-order valence-corrected chi connectivity index (χ0v) is 8.95. The predicted molar refractivity (Wildman–Crippen MR) is 53.4 cm³/mol. The van der Waals surface area contributed by atoms with Crippen LogP contribution in [-0.4, -0.2) is 22.4 Å². The van der Waals surface area contributed by atoms with Crippen LogP contribution in [0.15, 0.2) is 0 Å². The molecule has 1 rings (SSSR count). The van der Waals surface area contributed by atoms with Crippen LogP contribution in [-0.2, 0) is 0 Å². The molecule has 0 radical (unpaired) electrons. The molecule has 0 heterocycles. The first kappa shape index (κ1) is 11.0. The van der Waals surface area contributed by atoms with Gasteiger partial charge in [0.15, 0.2) is 0 Å². The Morgan fingerprint density at radius 1 is 1.46 bits per heavy atom. The minimum atomic E-state index is -0.324. The Hall–Kier alpha value is -0.0800. The quantitative estimate of drug-likeness (QED) is 0.692. The Morgan fingerprint density at radius 2 is 2.08 bits per heavy atom. The molecular formula is C11H22O2. The molecular weight excluding hydrogens is 164 g/mol. The first-order chi connectivity index (χ1) is 5.96. The minimum absolute atomic E-state index is 0.0914. The van der Waals surface area contributed by atoms with Gasteiger partial charge < -0.3 is 10.2 Å². The summed E-state index contributed by atoms with van der Waals surface area (Å²) in [6, 6.07) is 0. The van der Waals surface area contributed by atoms with E-state index in [-0.39, 0.29) is 18.1 Å². The fourth-order valence-electron chi connectivity index (χ4n) is 2.32. The molecule has 0 aliphatic heterocycles. The van der Waals surface area contributed by atoms with Crippen LogP contribution in [0.25, 0.3) is 0 Å². The van der Waals surface area contributed by atoms with Gasteiger partial charge in [0, 0.05) is 5.92 Å². The SMILES string of the molecule is CCC(O)C1CC(C)(C)CCC1O. The lowest BCUT2D eigenvalue weighted by Crippen LogP contribution is -2.39. The largest absolute Gasteiger partial charge is 0.393 e. The highest BCUT2D eigenvalue weighted by Gasteiger charge is 2.36. The molecule has 1 saturated carbocycles. The highest BCUT2D eigenvalue weighted by molar-refractivity contribution is 4.87. The van der Waals surface area contributed by atoms with E-state index in [0.717, 1.165) is 25.7 Å². The summed E-state index contributed by atoms with van der Waals surface area (Å²) in [5.41, 5.74) is 0.292. The highest BCUT2D eigenvalue weighted by atomic mass is 16.3. The van der Waals surface area contributed by atoms with Gasteiger partial charge in [-0.25, -0.2) is 0 Å². The molecule has 1 fully saturated rings. The lowest BCUT2D eigenvalue weighted by molar-refractivity contribution is -0.0453. The summed E-state index contributed by atoms with van der Waals surface area (Å²) in [7, 11) is 0. The van der Waals surface area contributed by atoms with Crippen molar-refractivity contribution in [1.82, 2.24) is 0 Å². The van der Waals surface area contributed by atoms with Crippen LogP contribution in [0.2, 0.25) is 0 Å². The maximum absolute atomic E-state index is 9.74. The van der Waals surface area contributed by atoms with Crippen molar-refractivity contribution in [3.63, 3.8) is 0 Å². The standard InChI is InChI=1S/C11H22O2/c1-4-9(12)8-7-11(2,3)6-5-10(8)13/h8-10,12-13H,4-7H2,1-3H3. The second-order valence-electron chi connectivity index (χ2n) is 5.11. The molecule has 0 spiro atoms. The monoisotopic (exact) mass is 186 g/mol. The van der Waals surface area contributed by atoms with Crippen LogP contribution in [0.3, 0.4) is 0 Å². The van der Waals surface area contributed by atoms with E-state index in [1.54, 1.807) is 0 Å². The van der Waals surface area contributed by atoms with Crippen LogP contribution in [0.5, 0.6) is 0 Å². The predicted octanol–water partition coefficient (Wildman–Crippen LogP) is 1.94. The molecule has 0 saturated heterocycles. The number of hydrogen-bond acceptors (Lipinski definition) is 2. The Morgan fingerprint density at radius 3 is 2.62 bits per heavy atom. The van der Waals surface area contributed by atoms with Crippen molar-refractivity contribution < 1.29 is 10.2 Å². The van der Waals surface area contributed by atoms with E-state index in [0.29, 0.717) is 5.41 Å². The molecule has 1 aliphatic rings. The third-order valence-corrected chi connectivity index (χ3v) is 3.31. The summed E-state index contributed by atoms with van der Waals surface area (Å²) in [6.45, 7) is 6.40. The Bertz CT molecular complexity index is 161. The average molecular weight is 186 g/mol. The normalized spacial score (nSPS) is 35.8. The van der Waals surface area contributed by atoms with Crippen LogP contribution < -0.4 is 0 Å². The van der Waals surface area contributed by atoms with E-state index in [1.165, 1.54) is 0 Å². The summed E-state index contributed by atoms with van der Waals surface area (Å²) in [4.78, 5) is 0. The minimum Gasteiger partial charge on any atom is -0.393 e. The van der Waals surface area contributed by atoms with Gasteiger partial charge in [-0.15, -0.1) is 0 Å².